The van der Waals surface area contributed by atoms with Crippen LogP contribution in [0.2, 0.25) is 5.02 Å². The van der Waals surface area contributed by atoms with E-state index in [0.717, 1.165) is 16.3 Å². The minimum Gasteiger partial charge on any atom is -0.322 e. The number of anilines is 2. The van der Waals surface area contributed by atoms with Crippen molar-refractivity contribution in [3.05, 3.63) is 106 Å². The summed E-state index contributed by atoms with van der Waals surface area (Å²) < 4.78 is 0. The normalized spacial score (nSPS) is 10.8. The molecule has 32 heavy (non-hydrogen) atoms. The van der Waals surface area contributed by atoms with Crippen LogP contribution in [0.3, 0.4) is 0 Å². The number of carbonyl (C=O) groups is 2. The Kier molecular flexibility index (Phi) is 5.97. The average molecular weight is 443 g/mol. The first-order valence-corrected chi connectivity index (χ1v) is 10.7. The lowest BCUT2D eigenvalue weighted by atomic mass is 9.99. The lowest BCUT2D eigenvalue weighted by Crippen LogP contribution is -2.15. The summed E-state index contributed by atoms with van der Waals surface area (Å²) in [7, 11) is 0. The second kappa shape index (κ2) is 8.85. The molecule has 5 heteroatoms. The van der Waals surface area contributed by atoms with Crippen LogP contribution in [-0.2, 0) is 0 Å². The summed E-state index contributed by atoms with van der Waals surface area (Å²) in [5.74, 6) is -0.433. The molecule has 0 spiro atoms. The molecule has 0 bridgehead atoms. The molecule has 0 unspecified atom stereocenters. The fourth-order valence-electron chi connectivity index (χ4n) is 3.64. The number of carbonyl (C=O) groups excluding carboxylic acids is 2. The Balaban J connectivity index is 1.51. The third-order valence-corrected chi connectivity index (χ3v) is 5.88. The Bertz CT molecular complexity index is 1360. The number of nitrogens with one attached hydrogen (secondary N) is 2. The number of hydrogen-bond donors (Lipinski definition) is 2. The van der Waals surface area contributed by atoms with Gasteiger partial charge in [-0.3, -0.25) is 9.59 Å². The molecule has 0 atom stereocenters. The van der Waals surface area contributed by atoms with Gasteiger partial charge in [0.05, 0.1) is 0 Å². The zero-order valence-electron chi connectivity index (χ0n) is 18.1. The van der Waals surface area contributed by atoms with Crippen LogP contribution in [0, 0.1) is 20.8 Å². The predicted molar refractivity (Wildman–Crippen MR) is 132 cm³/mol. The molecule has 0 aromatic heterocycles. The van der Waals surface area contributed by atoms with Crippen LogP contribution in [0.5, 0.6) is 0 Å². The van der Waals surface area contributed by atoms with Crippen LogP contribution < -0.4 is 10.6 Å². The molecule has 0 aliphatic carbocycles. The molecular formula is C27H23ClN2O2. The summed E-state index contributed by atoms with van der Waals surface area (Å²) in [6, 6.07) is 22.0. The van der Waals surface area contributed by atoms with E-state index in [-0.39, 0.29) is 11.8 Å². The first kappa shape index (κ1) is 21.6. The molecule has 4 nitrogen and oxygen atoms in total. The van der Waals surface area contributed by atoms with Gasteiger partial charge in [-0.05, 0) is 96.8 Å². The second-order valence-corrected chi connectivity index (χ2v) is 8.33. The summed E-state index contributed by atoms with van der Waals surface area (Å²) in [6.07, 6.45) is 0. The Morgan fingerprint density at radius 3 is 2.19 bits per heavy atom. The molecule has 0 saturated heterocycles. The summed E-state index contributed by atoms with van der Waals surface area (Å²) in [4.78, 5) is 25.4. The van der Waals surface area contributed by atoms with Crippen LogP contribution in [-0.4, -0.2) is 11.8 Å². The van der Waals surface area contributed by atoms with Gasteiger partial charge in [0.25, 0.3) is 11.8 Å². The molecule has 4 aromatic carbocycles. The number of hydrogen-bond acceptors (Lipinski definition) is 2. The maximum Gasteiger partial charge on any atom is 0.255 e. The molecule has 0 aliphatic heterocycles. The van der Waals surface area contributed by atoms with Crippen molar-refractivity contribution < 1.29 is 9.59 Å². The molecule has 0 fully saturated rings. The van der Waals surface area contributed by atoms with E-state index in [1.165, 1.54) is 11.1 Å². The summed E-state index contributed by atoms with van der Waals surface area (Å²) in [5, 5.41) is 8.51. The highest BCUT2D eigenvalue weighted by molar-refractivity contribution is 6.31. The van der Waals surface area contributed by atoms with Crippen molar-refractivity contribution in [1.29, 1.82) is 0 Å². The van der Waals surface area contributed by atoms with Gasteiger partial charge in [-0.15, -0.1) is 0 Å². The molecule has 4 aromatic rings. The van der Waals surface area contributed by atoms with Crippen molar-refractivity contribution in [3.8, 4) is 0 Å². The number of halogens is 1. The first-order chi connectivity index (χ1) is 15.3. The van der Waals surface area contributed by atoms with Crippen LogP contribution in [0.1, 0.15) is 37.4 Å². The van der Waals surface area contributed by atoms with Gasteiger partial charge >= 0.3 is 0 Å². The third kappa shape index (κ3) is 4.51. The van der Waals surface area contributed by atoms with E-state index in [2.05, 4.69) is 30.5 Å². The predicted octanol–water partition coefficient (Wildman–Crippen LogP) is 6.92. The fraction of sp³-hybridized carbons (Fsp3) is 0.111. The monoisotopic (exact) mass is 442 g/mol. The Morgan fingerprint density at radius 1 is 0.719 bits per heavy atom. The summed E-state index contributed by atoms with van der Waals surface area (Å²) in [6.45, 7) is 6.03. The zero-order valence-corrected chi connectivity index (χ0v) is 18.9. The number of amides is 2. The van der Waals surface area contributed by atoms with Crippen molar-refractivity contribution >= 4 is 45.6 Å². The topological polar surface area (TPSA) is 58.2 Å². The largest absolute Gasteiger partial charge is 0.322 e. The van der Waals surface area contributed by atoms with Crippen LogP contribution in [0.25, 0.3) is 10.8 Å². The molecule has 4 rings (SSSR count). The van der Waals surface area contributed by atoms with Gasteiger partial charge < -0.3 is 10.6 Å². The van der Waals surface area contributed by atoms with Crippen LogP contribution in [0.15, 0.2) is 72.8 Å². The molecular weight excluding hydrogens is 420 g/mol. The smallest absolute Gasteiger partial charge is 0.255 e. The number of benzene rings is 4. The van der Waals surface area contributed by atoms with Gasteiger partial charge in [-0.2, -0.15) is 0 Å². The minimum atomic E-state index is -0.242. The molecule has 2 amide bonds. The van der Waals surface area contributed by atoms with E-state index < -0.39 is 0 Å². The van der Waals surface area contributed by atoms with E-state index in [0.29, 0.717) is 27.5 Å². The van der Waals surface area contributed by atoms with Crippen molar-refractivity contribution in [2.75, 3.05) is 10.6 Å². The Labute approximate surface area is 192 Å². The zero-order chi connectivity index (χ0) is 22.8. The molecule has 0 heterocycles. The van der Waals surface area contributed by atoms with Crippen LogP contribution >= 0.6 is 11.6 Å². The standard InChI is InChI=1S/C27H23ClN2O2/c1-16-7-8-19-14-21(9-11-24(19)18(16)3)27(32)30-25-12-10-20(13-17(25)2)26(31)29-23-6-4-5-22(28)15-23/h4-15H,1-3H3,(H,29,31)(H,30,32). The van der Waals surface area contributed by atoms with Crippen molar-refractivity contribution in [3.63, 3.8) is 0 Å². The molecule has 160 valence electrons. The Morgan fingerprint density at radius 2 is 1.44 bits per heavy atom. The van der Waals surface area contributed by atoms with E-state index in [9.17, 15) is 9.59 Å². The maximum atomic E-state index is 12.9. The number of rotatable bonds is 4. The molecule has 0 radical (unpaired) electrons. The minimum absolute atomic E-state index is 0.190. The van der Waals surface area contributed by atoms with Gasteiger partial charge in [-0.1, -0.05) is 35.9 Å². The highest BCUT2D eigenvalue weighted by Gasteiger charge is 2.12. The number of aryl methyl sites for hydroxylation is 3. The first-order valence-electron chi connectivity index (χ1n) is 10.3. The quantitative estimate of drug-likeness (QED) is 0.360. The summed E-state index contributed by atoms with van der Waals surface area (Å²) in [5.41, 5.74) is 5.61. The van der Waals surface area contributed by atoms with Gasteiger partial charge in [-0.25, -0.2) is 0 Å². The molecule has 2 N–H and O–H groups in total. The van der Waals surface area contributed by atoms with E-state index >= 15 is 0 Å². The second-order valence-electron chi connectivity index (χ2n) is 7.89. The van der Waals surface area contributed by atoms with Crippen molar-refractivity contribution in [2.45, 2.75) is 20.8 Å². The van der Waals surface area contributed by atoms with Crippen molar-refractivity contribution in [1.82, 2.24) is 0 Å². The number of fused-ring (bicyclic) bond motifs is 1. The average Bonchev–Trinajstić information content (AvgIpc) is 2.77. The highest BCUT2D eigenvalue weighted by atomic mass is 35.5. The maximum absolute atomic E-state index is 12.9. The fourth-order valence-corrected chi connectivity index (χ4v) is 3.83. The van der Waals surface area contributed by atoms with Crippen LogP contribution in [0.4, 0.5) is 11.4 Å². The molecule has 0 saturated carbocycles. The Hall–Kier alpha value is -3.63. The van der Waals surface area contributed by atoms with Gasteiger partial charge in [0.2, 0.25) is 0 Å². The highest BCUT2D eigenvalue weighted by Crippen LogP contribution is 2.24. The van der Waals surface area contributed by atoms with Gasteiger partial charge in [0, 0.05) is 27.5 Å². The lowest BCUT2D eigenvalue weighted by Gasteiger charge is -2.12. The third-order valence-electron chi connectivity index (χ3n) is 5.64. The van der Waals surface area contributed by atoms with Gasteiger partial charge in [0.15, 0.2) is 0 Å². The SMILES string of the molecule is Cc1cc(C(=O)Nc2cccc(Cl)c2)ccc1NC(=O)c1ccc2c(C)c(C)ccc2c1. The molecule has 0 aliphatic rings. The van der Waals surface area contributed by atoms with Crippen molar-refractivity contribution in [2.24, 2.45) is 0 Å². The van der Waals surface area contributed by atoms with Gasteiger partial charge in [0.1, 0.15) is 0 Å². The lowest BCUT2D eigenvalue weighted by molar-refractivity contribution is 0.102. The van der Waals surface area contributed by atoms with E-state index in [1.54, 1.807) is 42.5 Å². The van der Waals surface area contributed by atoms with E-state index in [1.807, 2.05) is 31.2 Å². The summed E-state index contributed by atoms with van der Waals surface area (Å²) >= 11 is 5.97. The van der Waals surface area contributed by atoms with E-state index in [4.69, 9.17) is 11.6 Å².